The van der Waals surface area contributed by atoms with E-state index < -0.39 is 44.9 Å². The Bertz CT molecular complexity index is 1060. The van der Waals surface area contributed by atoms with E-state index in [1.54, 1.807) is 27.0 Å². The summed E-state index contributed by atoms with van der Waals surface area (Å²) in [5.41, 5.74) is 1.04. The number of nitrogens with one attached hydrogen (secondary N) is 2. The first kappa shape index (κ1) is 31.0. The maximum atomic E-state index is 12.8. The van der Waals surface area contributed by atoms with Gasteiger partial charge in [-0.3, -0.25) is 13.9 Å². The van der Waals surface area contributed by atoms with Gasteiger partial charge in [0.25, 0.3) is 0 Å². The number of ketones is 1. The van der Waals surface area contributed by atoms with Crippen LogP contribution in [0, 0.1) is 0 Å². The maximum Gasteiger partial charge on any atom is 0.408 e. The van der Waals surface area contributed by atoms with E-state index in [1.807, 2.05) is 24.3 Å². The number of fused-ring (bicyclic) bond motifs is 1. The molecule has 0 bridgehead atoms. The van der Waals surface area contributed by atoms with Crippen molar-refractivity contribution in [1.29, 1.82) is 0 Å². The number of aromatic nitrogens is 1. The molecule has 0 aliphatic carbocycles. The number of hydrogen-bond donors (Lipinski definition) is 2. The van der Waals surface area contributed by atoms with Crippen molar-refractivity contribution < 1.29 is 41.6 Å². The first-order valence-corrected chi connectivity index (χ1v) is 14.4. The lowest BCUT2D eigenvalue weighted by molar-refractivity contribution is -0.118. The number of ether oxygens (including phenoxy) is 1. The molecule has 1 atom stereocenters. The zero-order valence-electron chi connectivity index (χ0n) is 21.4. The average Bonchev–Trinajstić information content (AvgIpc) is 3.20. The lowest BCUT2D eigenvalue weighted by Gasteiger charge is -2.24. The summed E-state index contributed by atoms with van der Waals surface area (Å²) in [7, 11) is -1.08. The number of para-hydroxylation sites is 1. The quantitative estimate of drug-likeness (QED) is 0.413. The zero-order chi connectivity index (χ0) is 26.9. The molecule has 2 rings (SSSR count). The van der Waals surface area contributed by atoms with Gasteiger partial charge in [0.15, 0.2) is 5.78 Å². The Morgan fingerprint density at radius 2 is 1.57 bits per heavy atom. The molecule has 0 saturated carbocycles. The summed E-state index contributed by atoms with van der Waals surface area (Å²) in [6, 6.07) is 6.68. The van der Waals surface area contributed by atoms with Crippen LogP contribution in [0.25, 0.3) is 10.9 Å². The van der Waals surface area contributed by atoms with E-state index >= 15 is 0 Å². The number of alkyl carbamates (subject to hydrolysis) is 1. The Kier molecular flexibility index (Phi) is 11.8. The molecular formula is C22H36N2O9P2. The lowest BCUT2D eigenvalue weighted by atomic mass is 10.0. The summed E-state index contributed by atoms with van der Waals surface area (Å²) in [4.78, 5) is 28.2. The molecule has 11 nitrogen and oxygen atoms in total. The number of rotatable bonds is 10. The van der Waals surface area contributed by atoms with Gasteiger partial charge >= 0.3 is 21.3 Å². The van der Waals surface area contributed by atoms with Crippen molar-refractivity contribution in [2.75, 3.05) is 41.3 Å². The van der Waals surface area contributed by atoms with E-state index in [4.69, 9.17) is 13.8 Å². The van der Waals surface area contributed by atoms with E-state index in [0.29, 0.717) is 0 Å². The molecule has 1 amide bonds. The minimum atomic E-state index is -3.56. The summed E-state index contributed by atoms with van der Waals surface area (Å²) in [6.45, 7) is 6.60. The fraction of sp³-hybridized carbons (Fsp3) is 0.545. The second-order valence-corrected chi connectivity index (χ2v) is 13.0. The molecule has 1 unspecified atom stereocenters. The number of Topliss-reactive ketones (excluding diaryl/α,β-unsaturated/α-hetero) is 1. The number of H-pyrrole nitrogens is 1. The lowest BCUT2D eigenvalue weighted by Crippen LogP contribution is -2.45. The van der Waals surface area contributed by atoms with Gasteiger partial charge in [-0.2, -0.15) is 0 Å². The van der Waals surface area contributed by atoms with E-state index in [0.717, 1.165) is 16.5 Å². The van der Waals surface area contributed by atoms with Crippen LogP contribution in [0.15, 0.2) is 30.5 Å². The molecule has 13 heteroatoms. The maximum absolute atomic E-state index is 12.8. The second kappa shape index (κ2) is 13.3. The third kappa shape index (κ3) is 10.7. The zero-order valence-corrected chi connectivity index (χ0v) is 23.2. The SMILES string of the molecule is COP(=O)(CC(=O)C(Cc1c[nH]c2ccccc12)NC(=O)OC(C)(C)C)OC.COP(C)(=O)OC. The van der Waals surface area contributed by atoms with Crippen LogP contribution in [0.5, 0.6) is 0 Å². The molecule has 0 aliphatic rings. The minimum Gasteiger partial charge on any atom is -0.444 e. The summed E-state index contributed by atoms with van der Waals surface area (Å²) < 4.78 is 46.7. The van der Waals surface area contributed by atoms with Gasteiger partial charge in [-0.25, -0.2) is 4.79 Å². The van der Waals surface area contributed by atoms with Crippen molar-refractivity contribution in [2.45, 2.75) is 38.8 Å². The second-order valence-electron chi connectivity index (χ2n) is 8.50. The Labute approximate surface area is 206 Å². The van der Waals surface area contributed by atoms with Crippen LogP contribution in [-0.2, 0) is 43.2 Å². The Morgan fingerprint density at radius 3 is 2.06 bits per heavy atom. The molecule has 1 heterocycles. The number of benzene rings is 1. The Morgan fingerprint density at radius 1 is 1.00 bits per heavy atom. The first-order chi connectivity index (χ1) is 16.2. The fourth-order valence-corrected chi connectivity index (χ4v) is 3.95. The van der Waals surface area contributed by atoms with Gasteiger partial charge in [-0.1, -0.05) is 18.2 Å². The highest BCUT2D eigenvalue weighted by molar-refractivity contribution is 7.54. The van der Waals surface area contributed by atoms with E-state index in [-0.39, 0.29) is 6.42 Å². The van der Waals surface area contributed by atoms with Gasteiger partial charge in [0.2, 0.25) is 0 Å². The third-order valence-corrected chi connectivity index (χ3v) is 7.89. The van der Waals surface area contributed by atoms with Gasteiger partial charge in [0.1, 0.15) is 11.8 Å². The number of amides is 1. The molecule has 0 fully saturated rings. The molecule has 0 radical (unpaired) electrons. The Hall–Kier alpha value is -2.00. The molecule has 1 aromatic carbocycles. The van der Waals surface area contributed by atoms with Crippen LogP contribution >= 0.6 is 15.2 Å². The molecule has 2 N–H and O–H groups in total. The van der Waals surface area contributed by atoms with Crippen molar-refractivity contribution in [3.05, 3.63) is 36.0 Å². The molecule has 198 valence electrons. The number of hydrogen-bond acceptors (Lipinski definition) is 9. The van der Waals surface area contributed by atoms with Crippen LogP contribution < -0.4 is 5.32 Å². The van der Waals surface area contributed by atoms with E-state index in [1.165, 1.54) is 35.1 Å². The predicted molar refractivity (Wildman–Crippen MR) is 134 cm³/mol. The van der Waals surface area contributed by atoms with Crippen LogP contribution in [-0.4, -0.2) is 69.8 Å². The predicted octanol–water partition coefficient (Wildman–Crippen LogP) is 4.76. The largest absolute Gasteiger partial charge is 0.444 e. The number of aromatic amines is 1. The normalized spacial score (nSPS) is 13.0. The van der Waals surface area contributed by atoms with Crippen LogP contribution in [0.1, 0.15) is 26.3 Å². The molecular weight excluding hydrogens is 498 g/mol. The summed E-state index contributed by atoms with van der Waals surface area (Å²) in [5, 5.41) is 3.53. The van der Waals surface area contributed by atoms with Crippen molar-refractivity contribution >= 4 is 38.0 Å². The first-order valence-electron chi connectivity index (χ1n) is 10.7. The standard InChI is InChI=1S/C19H27N2O6P.C3H9O3P/c1-19(2,3)27-18(23)21-16(17(22)12-28(24,25-4)26-5)10-13-11-20-15-9-7-6-8-14(13)15;1-5-7(3,4)6-2/h6-9,11,16,20H,10,12H2,1-5H3,(H,21,23);1-3H3. The van der Waals surface area contributed by atoms with Gasteiger partial charge in [-0.15, -0.1) is 0 Å². The van der Waals surface area contributed by atoms with Crippen LogP contribution in [0.4, 0.5) is 4.79 Å². The summed E-state index contributed by atoms with van der Waals surface area (Å²) in [6.07, 6.45) is 0.807. The van der Waals surface area contributed by atoms with Gasteiger partial charge in [0, 0.05) is 58.6 Å². The summed E-state index contributed by atoms with van der Waals surface area (Å²) >= 11 is 0. The van der Waals surface area contributed by atoms with Crippen molar-refractivity contribution in [3.8, 4) is 0 Å². The highest BCUT2D eigenvalue weighted by Crippen LogP contribution is 2.46. The van der Waals surface area contributed by atoms with Gasteiger partial charge < -0.3 is 33.1 Å². The highest BCUT2D eigenvalue weighted by Gasteiger charge is 2.32. The number of carbonyl (C=O) groups is 2. The van der Waals surface area contributed by atoms with Crippen molar-refractivity contribution in [1.82, 2.24) is 10.3 Å². The molecule has 0 saturated heterocycles. The van der Waals surface area contributed by atoms with E-state index in [9.17, 15) is 18.7 Å². The van der Waals surface area contributed by atoms with E-state index in [2.05, 4.69) is 19.3 Å². The van der Waals surface area contributed by atoms with Crippen molar-refractivity contribution in [2.24, 2.45) is 0 Å². The Balaban J connectivity index is 0.000000762. The fourth-order valence-electron chi connectivity index (χ4n) is 2.79. The molecule has 2 aromatic rings. The van der Waals surface area contributed by atoms with Gasteiger partial charge in [0.05, 0.1) is 6.04 Å². The topological polar surface area (TPSA) is 142 Å². The highest BCUT2D eigenvalue weighted by atomic mass is 31.2. The minimum absolute atomic E-state index is 0.204. The number of carbonyl (C=O) groups excluding carboxylic acids is 2. The van der Waals surface area contributed by atoms with Crippen LogP contribution in [0.3, 0.4) is 0 Å². The van der Waals surface area contributed by atoms with Crippen molar-refractivity contribution in [3.63, 3.8) is 0 Å². The molecule has 1 aromatic heterocycles. The monoisotopic (exact) mass is 534 g/mol. The van der Waals surface area contributed by atoms with Gasteiger partial charge in [-0.05, 0) is 32.4 Å². The molecule has 0 spiro atoms. The average molecular weight is 534 g/mol. The smallest absolute Gasteiger partial charge is 0.408 e. The third-order valence-electron chi connectivity index (χ3n) is 4.75. The molecule has 0 aliphatic heterocycles. The summed E-state index contributed by atoms with van der Waals surface area (Å²) in [5.74, 6) is -0.469. The molecule has 35 heavy (non-hydrogen) atoms. The van der Waals surface area contributed by atoms with Crippen LogP contribution in [0.2, 0.25) is 0 Å².